The molecular formula is C26H20FNO6. The summed E-state index contributed by atoms with van der Waals surface area (Å²) in [6, 6.07) is 16.9. The van der Waals surface area contributed by atoms with Gasteiger partial charge in [0.05, 0.1) is 19.3 Å². The highest BCUT2D eigenvalue weighted by atomic mass is 19.1. The van der Waals surface area contributed by atoms with Crippen LogP contribution in [0, 0.1) is 5.82 Å². The summed E-state index contributed by atoms with van der Waals surface area (Å²) in [6.45, 7) is 2.13. The van der Waals surface area contributed by atoms with Gasteiger partial charge in [-0.05, 0) is 73.2 Å². The van der Waals surface area contributed by atoms with Gasteiger partial charge in [0, 0.05) is 5.56 Å². The van der Waals surface area contributed by atoms with Crippen LogP contribution >= 0.6 is 0 Å². The first-order valence-electron chi connectivity index (χ1n) is 10.4. The van der Waals surface area contributed by atoms with E-state index in [9.17, 15) is 14.0 Å². The van der Waals surface area contributed by atoms with Gasteiger partial charge in [-0.3, -0.25) is 0 Å². The number of hydrogen-bond acceptors (Lipinski definition) is 7. The number of carbonyl (C=O) groups excluding carboxylic acids is 2. The van der Waals surface area contributed by atoms with E-state index in [1.165, 1.54) is 37.5 Å². The van der Waals surface area contributed by atoms with Gasteiger partial charge >= 0.3 is 11.9 Å². The van der Waals surface area contributed by atoms with Gasteiger partial charge in [-0.1, -0.05) is 12.1 Å². The minimum atomic E-state index is -0.634. The highest BCUT2D eigenvalue weighted by Gasteiger charge is 2.24. The molecule has 0 aromatic heterocycles. The van der Waals surface area contributed by atoms with Crippen LogP contribution in [0.25, 0.3) is 6.08 Å². The molecule has 0 amide bonds. The summed E-state index contributed by atoms with van der Waals surface area (Å²) in [5, 5.41) is 0. The zero-order chi connectivity index (χ0) is 24.1. The SMILES string of the molecule is CCOc1cc(/C=C2/N=C(c3ccc(F)cc3)OC2=O)ccc1OC(=O)c1cccc(OC)c1. The van der Waals surface area contributed by atoms with Gasteiger partial charge in [-0.25, -0.2) is 19.0 Å². The maximum absolute atomic E-state index is 13.1. The quantitative estimate of drug-likeness (QED) is 0.286. The number of halogens is 1. The highest BCUT2D eigenvalue weighted by Crippen LogP contribution is 2.31. The van der Waals surface area contributed by atoms with Crippen LogP contribution in [0.3, 0.4) is 0 Å². The fourth-order valence-corrected chi connectivity index (χ4v) is 3.16. The van der Waals surface area contributed by atoms with E-state index in [1.807, 2.05) is 0 Å². The maximum Gasteiger partial charge on any atom is 0.363 e. The molecule has 0 saturated carbocycles. The van der Waals surface area contributed by atoms with Crippen molar-refractivity contribution in [3.05, 3.63) is 94.9 Å². The van der Waals surface area contributed by atoms with Crippen LogP contribution in [0.4, 0.5) is 4.39 Å². The Balaban J connectivity index is 1.58. The molecular weight excluding hydrogens is 441 g/mol. The molecule has 0 radical (unpaired) electrons. The normalized spacial score (nSPS) is 13.9. The maximum atomic E-state index is 13.1. The third-order valence-electron chi connectivity index (χ3n) is 4.79. The molecule has 0 atom stereocenters. The number of methoxy groups -OCH3 is 1. The molecule has 3 aromatic carbocycles. The lowest BCUT2D eigenvalue weighted by atomic mass is 10.1. The Labute approximate surface area is 195 Å². The summed E-state index contributed by atoms with van der Waals surface area (Å²) in [5.41, 5.74) is 1.46. The average Bonchev–Trinajstić information content (AvgIpc) is 3.21. The zero-order valence-corrected chi connectivity index (χ0v) is 18.4. The number of benzene rings is 3. The Morgan fingerprint density at radius 1 is 1.06 bits per heavy atom. The summed E-state index contributed by atoms with van der Waals surface area (Å²) in [5.74, 6) is -0.441. The van der Waals surface area contributed by atoms with Crippen molar-refractivity contribution in [2.24, 2.45) is 4.99 Å². The second-order valence-corrected chi connectivity index (χ2v) is 7.10. The van der Waals surface area contributed by atoms with Crippen molar-refractivity contribution >= 4 is 23.9 Å². The number of esters is 2. The molecule has 4 rings (SSSR count). The minimum Gasteiger partial charge on any atom is -0.497 e. The Bertz CT molecular complexity index is 1300. The van der Waals surface area contributed by atoms with E-state index in [1.54, 1.807) is 49.4 Å². The smallest absolute Gasteiger partial charge is 0.363 e. The van der Waals surface area contributed by atoms with E-state index in [2.05, 4.69) is 4.99 Å². The molecule has 172 valence electrons. The number of cyclic esters (lactones) is 1. The lowest BCUT2D eigenvalue weighted by molar-refractivity contribution is -0.129. The van der Waals surface area contributed by atoms with Gasteiger partial charge in [0.15, 0.2) is 17.2 Å². The standard InChI is InChI=1S/C26H20FNO6/c1-3-32-23-14-16(7-12-22(23)33-25(29)18-5-4-6-20(15-18)31-2)13-21-26(30)34-24(28-21)17-8-10-19(27)11-9-17/h4-15H,3H2,1-2H3/b21-13+. The van der Waals surface area contributed by atoms with Crippen LogP contribution in [0.2, 0.25) is 0 Å². The van der Waals surface area contributed by atoms with Gasteiger partial charge in [0.25, 0.3) is 0 Å². The van der Waals surface area contributed by atoms with E-state index in [0.29, 0.717) is 34.8 Å². The minimum absolute atomic E-state index is 0.0721. The lowest BCUT2D eigenvalue weighted by Gasteiger charge is -2.12. The third-order valence-corrected chi connectivity index (χ3v) is 4.79. The van der Waals surface area contributed by atoms with Crippen molar-refractivity contribution in [1.29, 1.82) is 0 Å². The van der Waals surface area contributed by atoms with Crippen molar-refractivity contribution in [2.45, 2.75) is 6.92 Å². The third kappa shape index (κ3) is 5.12. The first kappa shape index (κ1) is 22.7. The van der Waals surface area contributed by atoms with Gasteiger partial charge in [-0.2, -0.15) is 0 Å². The van der Waals surface area contributed by atoms with Gasteiger partial charge in [0.2, 0.25) is 5.90 Å². The molecule has 8 heteroatoms. The van der Waals surface area contributed by atoms with Crippen LogP contribution in [0.1, 0.15) is 28.4 Å². The number of carbonyl (C=O) groups is 2. The van der Waals surface area contributed by atoms with Crippen molar-refractivity contribution in [2.75, 3.05) is 13.7 Å². The van der Waals surface area contributed by atoms with Crippen molar-refractivity contribution in [3.8, 4) is 17.2 Å². The second kappa shape index (κ2) is 9.99. The molecule has 1 aliphatic rings. The molecule has 0 fully saturated rings. The molecule has 34 heavy (non-hydrogen) atoms. The Hall–Kier alpha value is -4.46. The predicted octanol–water partition coefficient (Wildman–Crippen LogP) is 4.80. The molecule has 3 aromatic rings. The van der Waals surface area contributed by atoms with Gasteiger partial charge in [0.1, 0.15) is 11.6 Å². The number of ether oxygens (including phenoxy) is 4. The number of nitrogens with zero attached hydrogens (tertiary/aromatic N) is 1. The van der Waals surface area contributed by atoms with E-state index in [4.69, 9.17) is 18.9 Å². The molecule has 0 N–H and O–H groups in total. The summed E-state index contributed by atoms with van der Waals surface area (Å²) in [4.78, 5) is 29.1. The Morgan fingerprint density at radius 2 is 1.85 bits per heavy atom. The summed E-state index contributed by atoms with van der Waals surface area (Å²) >= 11 is 0. The number of hydrogen-bond donors (Lipinski definition) is 0. The topological polar surface area (TPSA) is 83.4 Å². The van der Waals surface area contributed by atoms with E-state index >= 15 is 0 Å². The summed E-state index contributed by atoms with van der Waals surface area (Å²) in [6.07, 6.45) is 1.52. The first-order valence-corrected chi connectivity index (χ1v) is 10.4. The monoisotopic (exact) mass is 461 g/mol. The van der Waals surface area contributed by atoms with Crippen molar-refractivity contribution < 1.29 is 32.9 Å². The second-order valence-electron chi connectivity index (χ2n) is 7.10. The van der Waals surface area contributed by atoms with E-state index in [-0.39, 0.29) is 17.3 Å². The molecule has 0 unspecified atom stereocenters. The Kier molecular flexibility index (Phi) is 6.68. The molecule has 0 aliphatic carbocycles. The highest BCUT2D eigenvalue weighted by molar-refractivity contribution is 6.12. The first-order chi connectivity index (χ1) is 16.5. The average molecular weight is 461 g/mol. The van der Waals surface area contributed by atoms with Crippen LogP contribution in [0.15, 0.2) is 77.4 Å². The largest absolute Gasteiger partial charge is 0.497 e. The molecule has 0 bridgehead atoms. The predicted molar refractivity (Wildman–Crippen MR) is 123 cm³/mol. The van der Waals surface area contributed by atoms with E-state index < -0.39 is 17.8 Å². The van der Waals surface area contributed by atoms with Gasteiger partial charge in [-0.15, -0.1) is 0 Å². The van der Waals surface area contributed by atoms with Crippen LogP contribution in [-0.4, -0.2) is 31.6 Å². The van der Waals surface area contributed by atoms with Gasteiger partial charge < -0.3 is 18.9 Å². The molecule has 0 saturated heterocycles. The number of aliphatic imine (C=N–C) groups is 1. The Morgan fingerprint density at radius 3 is 2.59 bits per heavy atom. The zero-order valence-electron chi connectivity index (χ0n) is 18.4. The van der Waals surface area contributed by atoms with Crippen LogP contribution < -0.4 is 14.2 Å². The lowest BCUT2D eigenvalue weighted by Crippen LogP contribution is -2.10. The molecule has 7 nitrogen and oxygen atoms in total. The molecule has 1 aliphatic heterocycles. The number of rotatable bonds is 7. The fraction of sp³-hybridized carbons (Fsp3) is 0.115. The van der Waals surface area contributed by atoms with Crippen molar-refractivity contribution in [3.63, 3.8) is 0 Å². The fourth-order valence-electron chi connectivity index (χ4n) is 3.16. The summed E-state index contributed by atoms with van der Waals surface area (Å²) < 4.78 is 34.7. The van der Waals surface area contributed by atoms with E-state index in [0.717, 1.165) is 0 Å². The molecule has 0 spiro atoms. The molecule has 1 heterocycles. The van der Waals surface area contributed by atoms with Crippen LogP contribution in [0.5, 0.6) is 17.2 Å². The van der Waals surface area contributed by atoms with Crippen molar-refractivity contribution in [1.82, 2.24) is 0 Å². The van der Waals surface area contributed by atoms with Crippen LogP contribution in [-0.2, 0) is 9.53 Å². The summed E-state index contributed by atoms with van der Waals surface area (Å²) in [7, 11) is 1.51.